The first-order chi connectivity index (χ1) is 8.31. The van der Waals surface area contributed by atoms with Crippen LogP contribution in [-0.2, 0) is 11.2 Å². The Balaban J connectivity index is 2.69. The Morgan fingerprint density at radius 2 is 2.11 bits per heavy atom. The van der Waals surface area contributed by atoms with Gasteiger partial charge in [0.2, 0.25) is 0 Å². The number of halogens is 1. The number of nitrogens with one attached hydrogen (secondary N) is 1. The normalized spacial score (nSPS) is 11.2. The van der Waals surface area contributed by atoms with Gasteiger partial charge in [-0.3, -0.25) is 5.32 Å². The van der Waals surface area contributed by atoms with Crippen LogP contribution in [-0.4, -0.2) is 23.4 Å². The number of hydrogen-bond acceptors (Lipinski definition) is 3. The van der Waals surface area contributed by atoms with Crippen molar-refractivity contribution in [3.63, 3.8) is 0 Å². The van der Waals surface area contributed by atoms with E-state index >= 15 is 0 Å². The summed E-state index contributed by atoms with van der Waals surface area (Å²) in [5, 5.41) is 11.2. The first-order valence-corrected chi connectivity index (χ1v) is 5.71. The quantitative estimate of drug-likeness (QED) is 0.873. The third-order valence-corrected chi connectivity index (χ3v) is 2.08. The Kier molecular flexibility index (Phi) is 4.67. The van der Waals surface area contributed by atoms with Crippen LogP contribution in [0.5, 0.6) is 0 Å². The van der Waals surface area contributed by atoms with Crippen molar-refractivity contribution in [1.29, 1.82) is 0 Å². The van der Waals surface area contributed by atoms with Gasteiger partial charge in [-0.1, -0.05) is 6.07 Å². The molecule has 0 saturated heterocycles. The van der Waals surface area contributed by atoms with E-state index in [1.54, 1.807) is 26.8 Å². The number of benzene rings is 1. The summed E-state index contributed by atoms with van der Waals surface area (Å²) in [5.41, 5.74) is 0.134. The van der Waals surface area contributed by atoms with Crippen LogP contribution in [0.1, 0.15) is 26.3 Å². The highest BCUT2D eigenvalue weighted by atomic mass is 19.1. The molecule has 0 radical (unpaired) electrons. The van der Waals surface area contributed by atoms with Crippen LogP contribution < -0.4 is 5.32 Å². The molecule has 0 heterocycles. The maximum atomic E-state index is 13.5. The number of ether oxygens (including phenoxy) is 1. The van der Waals surface area contributed by atoms with Gasteiger partial charge in [0.1, 0.15) is 11.4 Å². The summed E-state index contributed by atoms with van der Waals surface area (Å²) in [5.74, 6) is -0.461. The van der Waals surface area contributed by atoms with Crippen molar-refractivity contribution in [1.82, 2.24) is 0 Å². The number of amides is 1. The molecular formula is C13H18FNO3. The third kappa shape index (κ3) is 4.71. The molecule has 0 aromatic heterocycles. The van der Waals surface area contributed by atoms with Gasteiger partial charge in [-0.15, -0.1) is 0 Å². The molecule has 1 amide bonds. The molecule has 5 heteroatoms. The molecule has 0 aliphatic heterocycles. The SMILES string of the molecule is CC(C)(C)OC(=O)Nc1ccc(CCO)c(F)c1. The van der Waals surface area contributed by atoms with E-state index in [2.05, 4.69) is 5.32 Å². The maximum absolute atomic E-state index is 13.5. The highest BCUT2D eigenvalue weighted by Crippen LogP contribution is 2.16. The van der Waals surface area contributed by atoms with Crippen LogP contribution in [0.4, 0.5) is 14.9 Å². The Labute approximate surface area is 106 Å². The van der Waals surface area contributed by atoms with Crippen molar-refractivity contribution >= 4 is 11.8 Å². The van der Waals surface area contributed by atoms with Crippen LogP contribution in [0.15, 0.2) is 18.2 Å². The van der Waals surface area contributed by atoms with Crippen LogP contribution in [0.3, 0.4) is 0 Å². The molecule has 0 bridgehead atoms. The highest BCUT2D eigenvalue weighted by molar-refractivity contribution is 5.84. The summed E-state index contributed by atoms with van der Waals surface area (Å²) in [6.45, 7) is 5.13. The van der Waals surface area contributed by atoms with Crippen molar-refractivity contribution < 1.29 is 19.0 Å². The van der Waals surface area contributed by atoms with Gasteiger partial charge in [-0.2, -0.15) is 0 Å². The second kappa shape index (κ2) is 5.82. The molecule has 0 spiro atoms. The summed E-state index contributed by atoms with van der Waals surface area (Å²) < 4.78 is 18.6. The smallest absolute Gasteiger partial charge is 0.412 e. The average molecular weight is 255 g/mol. The van der Waals surface area contributed by atoms with Crippen molar-refractivity contribution in [2.24, 2.45) is 0 Å². The summed E-state index contributed by atoms with van der Waals surface area (Å²) in [6.07, 6.45) is -0.379. The predicted octanol–water partition coefficient (Wildman–Crippen LogP) is 2.71. The standard InChI is InChI=1S/C13H18FNO3/c1-13(2,3)18-12(17)15-10-5-4-9(6-7-16)11(14)8-10/h4-5,8,16H,6-7H2,1-3H3,(H,15,17). The van der Waals surface area contributed by atoms with Crippen molar-refractivity contribution in [3.05, 3.63) is 29.6 Å². The van der Waals surface area contributed by atoms with E-state index < -0.39 is 17.5 Å². The molecule has 0 unspecified atom stereocenters. The lowest BCUT2D eigenvalue weighted by molar-refractivity contribution is 0.0636. The van der Waals surface area contributed by atoms with Gasteiger partial charge in [0, 0.05) is 12.3 Å². The molecule has 1 rings (SSSR count). The number of aliphatic hydroxyl groups is 1. The lowest BCUT2D eigenvalue weighted by atomic mass is 10.1. The highest BCUT2D eigenvalue weighted by Gasteiger charge is 2.16. The number of carbonyl (C=O) groups excluding carboxylic acids is 1. The molecule has 0 fully saturated rings. The zero-order valence-electron chi connectivity index (χ0n) is 10.8. The van der Waals surface area contributed by atoms with E-state index in [-0.39, 0.29) is 13.0 Å². The van der Waals surface area contributed by atoms with E-state index in [4.69, 9.17) is 9.84 Å². The Morgan fingerprint density at radius 3 is 2.61 bits per heavy atom. The minimum absolute atomic E-state index is 0.115. The van der Waals surface area contributed by atoms with Gasteiger partial charge in [-0.05, 0) is 44.9 Å². The van der Waals surface area contributed by atoms with Gasteiger partial charge in [0.05, 0.1) is 0 Å². The fourth-order valence-corrected chi connectivity index (χ4v) is 1.37. The van der Waals surface area contributed by atoms with Gasteiger partial charge >= 0.3 is 6.09 Å². The minimum Gasteiger partial charge on any atom is -0.444 e. The fourth-order valence-electron chi connectivity index (χ4n) is 1.37. The summed E-state index contributed by atoms with van der Waals surface area (Å²) in [4.78, 5) is 11.5. The predicted molar refractivity (Wildman–Crippen MR) is 67.0 cm³/mol. The molecule has 1 aromatic carbocycles. The number of rotatable bonds is 3. The minimum atomic E-state index is -0.628. The zero-order chi connectivity index (χ0) is 13.8. The zero-order valence-corrected chi connectivity index (χ0v) is 10.8. The monoisotopic (exact) mass is 255 g/mol. The van der Waals surface area contributed by atoms with Crippen molar-refractivity contribution in [3.8, 4) is 0 Å². The van der Waals surface area contributed by atoms with E-state index in [1.807, 2.05) is 0 Å². The third-order valence-electron chi connectivity index (χ3n) is 2.08. The van der Waals surface area contributed by atoms with Crippen LogP contribution in [0.2, 0.25) is 0 Å². The van der Waals surface area contributed by atoms with Crippen LogP contribution in [0, 0.1) is 5.82 Å². The van der Waals surface area contributed by atoms with E-state index in [0.717, 1.165) is 0 Å². The van der Waals surface area contributed by atoms with Crippen molar-refractivity contribution in [2.75, 3.05) is 11.9 Å². The van der Waals surface area contributed by atoms with E-state index in [0.29, 0.717) is 11.3 Å². The number of hydrogen-bond donors (Lipinski definition) is 2. The lowest BCUT2D eigenvalue weighted by Crippen LogP contribution is -2.27. The second-order valence-electron chi connectivity index (χ2n) is 4.91. The maximum Gasteiger partial charge on any atom is 0.412 e. The largest absolute Gasteiger partial charge is 0.444 e. The Bertz CT molecular complexity index is 427. The van der Waals surface area contributed by atoms with Crippen LogP contribution in [0.25, 0.3) is 0 Å². The van der Waals surface area contributed by atoms with E-state index in [1.165, 1.54) is 12.1 Å². The first-order valence-electron chi connectivity index (χ1n) is 5.71. The summed E-state index contributed by atoms with van der Waals surface area (Å²) in [7, 11) is 0. The molecule has 0 atom stereocenters. The van der Waals surface area contributed by atoms with Gasteiger partial charge in [-0.25, -0.2) is 9.18 Å². The summed E-state index contributed by atoms with van der Waals surface area (Å²) in [6, 6.07) is 4.30. The van der Waals surface area contributed by atoms with Crippen LogP contribution >= 0.6 is 0 Å². The molecule has 1 aromatic rings. The molecule has 2 N–H and O–H groups in total. The molecule has 0 aliphatic carbocycles. The Morgan fingerprint density at radius 1 is 1.44 bits per heavy atom. The number of carbonyl (C=O) groups is 1. The summed E-state index contributed by atoms with van der Waals surface area (Å²) >= 11 is 0. The van der Waals surface area contributed by atoms with Gasteiger partial charge in [0.15, 0.2) is 0 Å². The Hall–Kier alpha value is -1.62. The first kappa shape index (κ1) is 14.4. The van der Waals surface area contributed by atoms with E-state index in [9.17, 15) is 9.18 Å². The molecule has 18 heavy (non-hydrogen) atoms. The molecule has 0 aliphatic rings. The topological polar surface area (TPSA) is 58.6 Å². The molecule has 4 nitrogen and oxygen atoms in total. The molecule has 100 valence electrons. The van der Waals surface area contributed by atoms with Gasteiger partial charge < -0.3 is 9.84 Å². The fraction of sp³-hybridized carbons (Fsp3) is 0.462. The number of anilines is 1. The average Bonchev–Trinajstić information content (AvgIpc) is 2.19. The van der Waals surface area contributed by atoms with Crippen molar-refractivity contribution in [2.45, 2.75) is 32.8 Å². The lowest BCUT2D eigenvalue weighted by Gasteiger charge is -2.19. The molecular weight excluding hydrogens is 237 g/mol. The van der Waals surface area contributed by atoms with Gasteiger partial charge in [0.25, 0.3) is 0 Å². The number of aliphatic hydroxyl groups excluding tert-OH is 1. The molecule has 0 saturated carbocycles. The second-order valence-corrected chi connectivity index (χ2v) is 4.91.